The van der Waals surface area contributed by atoms with Crippen LogP contribution in [-0.2, 0) is 0 Å². The van der Waals surface area contributed by atoms with E-state index in [2.05, 4.69) is 31.6 Å². The van der Waals surface area contributed by atoms with Gasteiger partial charge >= 0.3 is 0 Å². The van der Waals surface area contributed by atoms with Crippen LogP contribution in [0.25, 0.3) is 16.8 Å². The average molecular weight is 478 g/mol. The number of hydrogen-bond acceptors (Lipinski definition) is 8. The lowest BCUT2D eigenvalue weighted by atomic mass is 10.1. The fourth-order valence-electron chi connectivity index (χ4n) is 4.38. The molecule has 11 heteroatoms. The maximum absolute atomic E-state index is 13.4. The summed E-state index contributed by atoms with van der Waals surface area (Å²) in [6.45, 7) is 3.81. The predicted octanol–water partition coefficient (Wildman–Crippen LogP) is 1.77. The van der Waals surface area contributed by atoms with E-state index in [0.29, 0.717) is 22.3 Å². The standard InChI is InChI=1S/C24H24FN7O3/c1-3-15-11-28-31-13-16(21-14(2)32(30-29-21)18-6-8-26-9-7-18)10-20(22(15)31)35-23(24(33)34)19-5-4-17(25)12-27-19/h1,4-5,10-13,18,23-24,26,33-34H,6-9H2,2H3/t23-/m0/s1. The number of nitrogens with one attached hydrogen (secondary N) is 1. The smallest absolute Gasteiger partial charge is 0.195 e. The van der Waals surface area contributed by atoms with Crippen LogP contribution < -0.4 is 10.1 Å². The zero-order valence-electron chi connectivity index (χ0n) is 19.0. The number of terminal acetylenes is 1. The Labute approximate surface area is 200 Å². The van der Waals surface area contributed by atoms with Crippen molar-refractivity contribution in [2.24, 2.45) is 0 Å². The van der Waals surface area contributed by atoms with Gasteiger partial charge in [-0.25, -0.2) is 13.6 Å². The lowest BCUT2D eigenvalue weighted by Gasteiger charge is -2.23. The van der Waals surface area contributed by atoms with Crippen LogP contribution in [0.4, 0.5) is 4.39 Å². The first-order chi connectivity index (χ1) is 17.0. The quantitative estimate of drug-likeness (QED) is 0.284. The molecular formula is C24H24FN7O3. The fourth-order valence-corrected chi connectivity index (χ4v) is 4.38. The van der Waals surface area contributed by atoms with E-state index in [1.807, 2.05) is 11.6 Å². The molecule has 4 aromatic heterocycles. The summed E-state index contributed by atoms with van der Waals surface area (Å²) in [5, 5.41) is 36.6. The number of aliphatic hydroxyl groups excluding tert-OH is 1. The molecule has 5 rings (SSSR count). The number of pyridine rings is 2. The molecule has 0 spiro atoms. The van der Waals surface area contributed by atoms with Crippen LogP contribution in [0.5, 0.6) is 5.75 Å². The maximum Gasteiger partial charge on any atom is 0.195 e. The highest BCUT2D eigenvalue weighted by Gasteiger charge is 2.26. The molecular weight excluding hydrogens is 453 g/mol. The van der Waals surface area contributed by atoms with Gasteiger partial charge in [-0.1, -0.05) is 11.1 Å². The minimum atomic E-state index is -1.93. The van der Waals surface area contributed by atoms with Gasteiger partial charge < -0.3 is 20.3 Å². The van der Waals surface area contributed by atoms with Crippen molar-refractivity contribution in [2.45, 2.75) is 38.2 Å². The molecule has 0 aliphatic carbocycles. The molecule has 1 fully saturated rings. The number of fused-ring (bicyclic) bond motifs is 1. The number of hydrogen-bond donors (Lipinski definition) is 3. The fraction of sp³-hybridized carbons (Fsp3) is 0.333. The molecule has 1 atom stereocenters. The molecule has 1 aliphatic rings. The van der Waals surface area contributed by atoms with Crippen LogP contribution in [0.3, 0.4) is 0 Å². The van der Waals surface area contributed by atoms with E-state index in [1.54, 1.807) is 16.8 Å². The predicted molar refractivity (Wildman–Crippen MR) is 124 cm³/mol. The number of piperidine rings is 1. The normalized spacial score (nSPS) is 15.4. The van der Waals surface area contributed by atoms with Gasteiger partial charge in [-0.2, -0.15) is 5.10 Å². The lowest BCUT2D eigenvalue weighted by molar-refractivity contribution is -0.115. The van der Waals surface area contributed by atoms with Gasteiger partial charge in [0.15, 0.2) is 12.4 Å². The van der Waals surface area contributed by atoms with Gasteiger partial charge in [0.05, 0.1) is 35.4 Å². The van der Waals surface area contributed by atoms with Gasteiger partial charge in [0.25, 0.3) is 0 Å². The molecule has 4 aromatic rings. The van der Waals surface area contributed by atoms with E-state index in [1.165, 1.54) is 18.3 Å². The van der Waals surface area contributed by atoms with Crippen LogP contribution in [-0.4, -0.2) is 59.2 Å². The van der Waals surface area contributed by atoms with Gasteiger partial charge in [0.2, 0.25) is 0 Å². The van der Waals surface area contributed by atoms with Gasteiger partial charge in [0, 0.05) is 11.8 Å². The Kier molecular flexibility index (Phi) is 6.17. The van der Waals surface area contributed by atoms with E-state index in [-0.39, 0.29) is 17.5 Å². The Morgan fingerprint density at radius 2 is 2.06 bits per heavy atom. The number of aromatic nitrogens is 6. The van der Waals surface area contributed by atoms with Crippen LogP contribution in [0.1, 0.15) is 41.9 Å². The second-order valence-electron chi connectivity index (χ2n) is 8.39. The van der Waals surface area contributed by atoms with Crippen LogP contribution in [0.2, 0.25) is 0 Å². The first-order valence-electron chi connectivity index (χ1n) is 11.2. The summed E-state index contributed by atoms with van der Waals surface area (Å²) in [5.41, 5.74) is 3.27. The third-order valence-electron chi connectivity index (χ3n) is 6.15. The molecule has 1 aliphatic heterocycles. The van der Waals surface area contributed by atoms with E-state index < -0.39 is 18.2 Å². The summed E-state index contributed by atoms with van der Waals surface area (Å²) in [6, 6.07) is 4.46. The molecule has 180 valence electrons. The van der Waals surface area contributed by atoms with Crippen molar-refractivity contribution in [2.75, 3.05) is 13.1 Å². The second kappa shape index (κ2) is 9.42. The average Bonchev–Trinajstić information content (AvgIpc) is 3.46. The molecule has 10 nitrogen and oxygen atoms in total. The number of ether oxygens (including phenoxy) is 1. The molecule has 35 heavy (non-hydrogen) atoms. The molecule has 3 N–H and O–H groups in total. The van der Waals surface area contributed by atoms with Gasteiger partial charge in [-0.05, 0) is 51.1 Å². The van der Waals surface area contributed by atoms with E-state index in [9.17, 15) is 14.6 Å². The van der Waals surface area contributed by atoms with E-state index >= 15 is 0 Å². The van der Waals surface area contributed by atoms with Crippen LogP contribution in [0.15, 0.2) is 36.8 Å². The summed E-state index contributed by atoms with van der Waals surface area (Å²) < 4.78 is 22.9. The Hall–Kier alpha value is -3.85. The van der Waals surface area contributed by atoms with Crippen molar-refractivity contribution >= 4 is 5.52 Å². The number of aliphatic hydroxyl groups is 2. The Morgan fingerprint density at radius 1 is 1.26 bits per heavy atom. The summed E-state index contributed by atoms with van der Waals surface area (Å²) in [4.78, 5) is 3.94. The molecule has 0 aromatic carbocycles. The minimum absolute atomic E-state index is 0.139. The molecule has 5 heterocycles. The number of nitrogens with zero attached hydrogens (tertiary/aromatic N) is 6. The lowest BCUT2D eigenvalue weighted by Crippen LogP contribution is -2.30. The zero-order chi connectivity index (χ0) is 24.5. The Balaban J connectivity index is 1.59. The third kappa shape index (κ3) is 4.35. The van der Waals surface area contributed by atoms with Crippen molar-refractivity contribution < 1.29 is 19.3 Å². The zero-order valence-corrected chi connectivity index (χ0v) is 19.0. The van der Waals surface area contributed by atoms with Gasteiger partial charge in [-0.3, -0.25) is 4.98 Å². The molecule has 0 radical (unpaired) electrons. The van der Waals surface area contributed by atoms with Crippen LogP contribution in [0, 0.1) is 25.1 Å². The van der Waals surface area contributed by atoms with Gasteiger partial charge in [0.1, 0.15) is 22.8 Å². The Bertz CT molecular complexity index is 1380. The highest BCUT2D eigenvalue weighted by molar-refractivity contribution is 5.75. The molecule has 0 bridgehead atoms. The topological polar surface area (TPSA) is 123 Å². The second-order valence-corrected chi connectivity index (χ2v) is 8.39. The third-order valence-corrected chi connectivity index (χ3v) is 6.15. The van der Waals surface area contributed by atoms with E-state index in [0.717, 1.165) is 37.8 Å². The van der Waals surface area contributed by atoms with Crippen molar-refractivity contribution in [3.8, 4) is 29.4 Å². The van der Waals surface area contributed by atoms with Crippen molar-refractivity contribution in [3.63, 3.8) is 0 Å². The van der Waals surface area contributed by atoms with E-state index in [4.69, 9.17) is 11.2 Å². The largest absolute Gasteiger partial charge is 0.476 e. The van der Waals surface area contributed by atoms with Gasteiger partial charge in [-0.15, -0.1) is 11.5 Å². The minimum Gasteiger partial charge on any atom is -0.476 e. The molecule has 0 amide bonds. The Morgan fingerprint density at radius 3 is 2.74 bits per heavy atom. The van der Waals surface area contributed by atoms with Crippen LogP contribution >= 0.6 is 0 Å². The molecule has 0 saturated carbocycles. The SMILES string of the molecule is C#Cc1cnn2cc(-c3nnn(C4CCNCC4)c3C)cc(O[C@@H](c3ccc(F)cn3)C(O)O)c12. The molecule has 0 unspecified atom stereocenters. The van der Waals surface area contributed by atoms with Crippen molar-refractivity contribution in [3.05, 3.63) is 59.6 Å². The maximum atomic E-state index is 13.4. The summed E-state index contributed by atoms with van der Waals surface area (Å²) in [6.07, 6.45) is 8.62. The number of halogens is 1. The highest BCUT2D eigenvalue weighted by Crippen LogP contribution is 2.34. The monoisotopic (exact) mass is 477 g/mol. The summed E-state index contributed by atoms with van der Waals surface area (Å²) in [5.74, 6) is 2.26. The summed E-state index contributed by atoms with van der Waals surface area (Å²) in [7, 11) is 0. The first kappa shape index (κ1) is 22.9. The molecule has 1 saturated heterocycles. The first-order valence-corrected chi connectivity index (χ1v) is 11.2. The van der Waals surface area contributed by atoms with Crippen molar-refractivity contribution in [1.29, 1.82) is 0 Å². The van der Waals surface area contributed by atoms with Crippen molar-refractivity contribution in [1.82, 2.24) is 34.9 Å². The highest BCUT2D eigenvalue weighted by atomic mass is 19.1. The summed E-state index contributed by atoms with van der Waals surface area (Å²) >= 11 is 0. The number of rotatable bonds is 6.